The Morgan fingerprint density at radius 1 is 1.22 bits per heavy atom. The molecule has 4 nitrogen and oxygen atoms in total. The Balaban J connectivity index is 1.70. The first kappa shape index (κ1) is 11.3. The normalized spacial score (nSPS) is 15.2. The molecule has 0 bridgehead atoms. The van der Waals surface area contributed by atoms with E-state index in [4.69, 9.17) is 10.2 Å². The molecule has 1 aliphatic carbocycles. The predicted molar refractivity (Wildman–Crippen MR) is 69.6 cm³/mol. The second kappa shape index (κ2) is 4.82. The highest BCUT2D eigenvalue weighted by Crippen LogP contribution is 2.29. The molecule has 2 aromatic heterocycles. The maximum Gasteiger partial charge on any atom is 0.123 e. The van der Waals surface area contributed by atoms with Crippen molar-refractivity contribution in [2.24, 2.45) is 0 Å². The summed E-state index contributed by atoms with van der Waals surface area (Å²) in [6.45, 7) is 1.67. The largest absolute Gasteiger partial charge is 0.468 e. The lowest BCUT2D eigenvalue weighted by Crippen LogP contribution is -2.25. The van der Waals surface area contributed by atoms with Crippen LogP contribution in [0, 0.1) is 0 Å². The van der Waals surface area contributed by atoms with Gasteiger partial charge in [0.2, 0.25) is 0 Å². The molecule has 0 radical (unpaired) electrons. The summed E-state index contributed by atoms with van der Waals surface area (Å²) in [5, 5.41) is 0. The van der Waals surface area contributed by atoms with Gasteiger partial charge < -0.3 is 10.2 Å². The lowest BCUT2D eigenvalue weighted by atomic mass is 10.3. The van der Waals surface area contributed by atoms with Crippen molar-refractivity contribution in [1.29, 1.82) is 0 Å². The van der Waals surface area contributed by atoms with E-state index in [-0.39, 0.29) is 0 Å². The Morgan fingerprint density at radius 3 is 2.78 bits per heavy atom. The quantitative estimate of drug-likeness (QED) is 0.876. The molecule has 94 valence electrons. The molecule has 0 spiro atoms. The Bertz CT molecular complexity index is 506. The number of pyridine rings is 1. The van der Waals surface area contributed by atoms with E-state index in [1.54, 1.807) is 6.26 Å². The van der Waals surface area contributed by atoms with E-state index < -0.39 is 0 Å². The van der Waals surface area contributed by atoms with Crippen LogP contribution < -0.4 is 5.73 Å². The zero-order valence-electron chi connectivity index (χ0n) is 10.2. The van der Waals surface area contributed by atoms with Gasteiger partial charge in [0.1, 0.15) is 11.6 Å². The third kappa shape index (κ3) is 2.71. The summed E-state index contributed by atoms with van der Waals surface area (Å²) in [6.07, 6.45) is 4.26. The number of rotatable bonds is 5. The molecule has 3 rings (SSSR count). The SMILES string of the molecule is Nc1cccc(CN(Cc2ccco2)C2CC2)n1. The van der Waals surface area contributed by atoms with Gasteiger partial charge in [-0.05, 0) is 37.1 Å². The van der Waals surface area contributed by atoms with Crippen molar-refractivity contribution in [1.82, 2.24) is 9.88 Å². The van der Waals surface area contributed by atoms with E-state index in [9.17, 15) is 0 Å². The summed E-state index contributed by atoms with van der Waals surface area (Å²) in [6, 6.07) is 10.4. The first-order chi connectivity index (χ1) is 8.81. The molecule has 18 heavy (non-hydrogen) atoms. The maximum atomic E-state index is 5.71. The van der Waals surface area contributed by atoms with Crippen molar-refractivity contribution in [3.8, 4) is 0 Å². The predicted octanol–water partition coefficient (Wildman–Crippen LogP) is 2.42. The molecule has 1 aliphatic rings. The Hall–Kier alpha value is -1.81. The van der Waals surface area contributed by atoms with Gasteiger partial charge in [-0.3, -0.25) is 4.90 Å². The number of hydrogen-bond acceptors (Lipinski definition) is 4. The molecule has 0 atom stereocenters. The van der Waals surface area contributed by atoms with Crippen LogP contribution in [0.1, 0.15) is 24.3 Å². The van der Waals surface area contributed by atoms with Gasteiger partial charge in [0, 0.05) is 12.6 Å². The van der Waals surface area contributed by atoms with Gasteiger partial charge in [-0.1, -0.05) is 6.07 Å². The molecule has 4 heteroatoms. The summed E-state index contributed by atoms with van der Waals surface area (Å²) < 4.78 is 5.42. The average Bonchev–Trinajstić information content (AvgIpc) is 3.08. The molecule has 2 aromatic rings. The molecule has 1 fully saturated rings. The second-order valence-electron chi connectivity index (χ2n) is 4.77. The van der Waals surface area contributed by atoms with Gasteiger partial charge in [-0.25, -0.2) is 4.98 Å². The fourth-order valence-electron chi connectivity index (χ4n) is 2.15. The number of aromatic nitrogens is 1. The summed E-state index contributed by atoms with van der Waals surface area (Å²) in [7, 11) is 0. The van der Waals surface area contributed by atoms with Crippen molar-refractivity contribution >= 4 is 5.82 Å². The van der Waals surface area contributed by atoms with Crippen LogP contribution in [0.4, 0.5) is 5.82 Å². The number of furan rings is 1. The smallest absolute Gasteiger partial charge is 0.123 e. The molecule has 1 saturated carbocycles. The van der Waals surface area contributed by atoms with Gasteiger partial charge in [0.15, 0.2) is 0 Å². The summed E-state index contributed by atoms with van der Waals surface area (Å²) in [5.41, 5.74) is 6.74. The van der Waals surface area contributed by atoms with Crippen LogP contribution in [0.25, 0.3) is 0 Å². The zero-order valence-corrected chi connectivity index (χ0v) is 10.2. The fourth-order valence-corrected chi connectivity index (χ4v) is 2.15. The Labute approximate surface area is 106 Å². The van der Waals surface area contributed by atoms with E-state index in [1.165, 1.54) is 12.8 Å². The van der Waals surface area contributed by atoms with Crippen molar-refractivity contribution in [3.05, 3.63) is 48.0 Å². The van der Waals surface area contributed by atoms with Crippen molar-refractivity contribution in [2.45, 2.75) is 32.0 Å². The van der Waals surface area contributed by atoms with Crippen molar-refractivity contribution < 1.29 is 4.42 Å². The number of nitrogens with two attached hydrogens (primary N) is 1. The summed E-state index contributed by atoms with van der Waals surface area (Å²) in [5.74, 6) is 1.59. The van der Waals surface area contributed by atoms with Crippen LogP contribution >= 0.6 is 0 Å². The monoisotopic (exact) mass is 243 g/mol. The number of nitrogen functional groups attached to an aromatic ring is 1. The van der Waals surface area contributed by atoms with Crippen LogP contribution in [0.3, 0.4) is 0 Å². The number of nitrogens with zero attached hydrogens (tertiary/aromatic N) is 2. The molecule has 0 aromatic carbocycles. The Kier molecular flexibility index (Phi) is 3.02. The van der Waals surface area contributed by atoms with Crippen LogP contribution in [0.5, 0.6) is 0 Å². The molecule has 2 heterocycles. The maximum absolute atomic E-state index is 5.71. The lowest BCUT2D eigenvalue weighted by Gasteiger charge is -2.20. The Morgan fingerprint density at radius 2 is 2.11 bits per heavy atom. The van der Waals surface area contributed by atoms with Crippen molar-refractivity contribution in [3.63, 3.8) is 0 Å². The highest BCUT2D eigenvalue weighted by atomic mass is 16.3. The average molecular weight is 243 g/mol. The topological polar surface area (TPSA) is 55.3 Å². The minimum atomic E-state index is 0.584. The first-order valence-corrected chi connectivity index (χ1v) is 6.29. The van der Waals surface area contributed by atoms with E-state index in [1.807, 2.05) is 30.3 Å². The van der Waals surface area contributed by atoms with Crippen LogP contribution in [-0.2, 0) is 13.1 Å². The fraction of sp³-hybridized carbons (Fsp3) is 0.357. The van der Waals surface area contributed by atoms with E-state index in [0.29, 0.717) is 11.9 Å². The molecule has 0 amide bonds. The molecule has 0 unspecified atom stereocenters. The van der Waals surface area contributed by atoms with Gasteiger partial charge in [-0.2, -0.15) is 0 Å². The van der Waals surface area contributed by atoms with E-state index >= 15 is 0 Å². The minimum Gasteiger partial charge on any atom is -0.468 e. The first-order valence-electron chi connectivity index (χ1n) is 6.29. The summed E-state index contributed by atoms with van der Waals surface area (Å²) >= 11 is 0. The highest BCUT2D eigenvalue weighted by molar-refractivity contribution is 5.28. The van der Waals surface area contributed by atoms with Gasteiger partial charge >= 0.3 is 0 Å². The third-order valence-electron chi connectivity index (χ3n) is 3.20. The zero-order chi connectivity index (χ0) is 12.4. The lowest BCUT2D eigenvalue weighted by molar-refractivity contribution is 0.223. The van der Waals surface area contributed by atoms with Crippen LogP contribution in [0.15, 0.2) is 41.0 Å². The molecule has 0 aliphatic heterocycles. The molecular formula is C14H17N3O. The van der Waals surface area contributed by atoms with Gasteiger partial charge in [0.25, 0.3) is 0 Å². The van der Waals surface area contributed by atoms with Gasteiger partial charge in [0.05, 0.1) is 18.5 Å². The summed E-state index contributed by atoms with van der Waals surface area (Å²) in [4.78, 5) is 6.76. The van der Waals surface area contributed by atoms with Crippen molar-refractivity contribution in [2.75, 3.05) is 5.73 Å². The molecule has 2 N–H and O–H groups in total. The van der Waals surface area contributed by atoms with Crippen LogP contribution in [0.2, 0.25) is 0 Å². The number of anilines is 1. The molecular weight excluding hydrogens is 226 g/mol. The van der Waals surface area contributed by atoms with Crippen LogP contribution in [-0.4, -0.2) is 15.9 Å². The highest BCUT2D eigenvalue weighted by Gasteiger charge is 2.29. The van der Waals surface area contributed by atoms with E-state index in [2.05, 4.69) is 9.88 Å². The standard InChI is InChI=1S/C14H17N3O/c15-14-5-1-3-11(16-14)9-17(12-6-7-12)10-13-4-2-8-18-13/h1-5,8,12H,6-7,9-10H2,(H2,15,16). The number of hydrogen-bond donors (Lipinski definition) is 1. The third-order valence-corrected chi connectivity index (χ3v) is 3.20. The van der Waals surface area contributed by atoms with Gasteiger partial charge in [-0.15, -0.1) is 0 Å². The second-order valence-corrected chi connectivity index (χ2v) is 4.77. The molecule has 0 saturated heterocycles. The van der Waals surface area contributed by atoms with E-state index in [0.717, 1.165) is 24.5 Å². The minimum absolute atomic E-state index is 0.584.